The van der Waals surface area contributed by atoms with Crippen molar-refractivity contribution in [3.63, 3.8) is 0 Å². The van der Waals surface area contributed by atoms with Gasteiger partial charge in [0.25, 0.3) is 5.91 Å². The fourth-order valence-corrected chi connectivity index (χ4v) is 4.18. The number of ether oxygens (including phenoxy) is 1. The maximum absolute atomic E-state index is 12.8. The molecule has 1 atom stereocenters. The van der Waals surface area contributed by atoms with E-state index >= 15 is 0 Å². The van der Waals surface area contributed by atoms with Gasteiger partial charge in [-0.25, -0.2) is 0 Å². The lowest BCUT2D eigenvalue weighted by Crippen LogP contribution is -2.49. The maximum atomic E-state index is 12.8. The first-order valence-corrected chi connectivity index (χ1v) is 11.6. The molecular weight excluding hydrogens is 506 g/mol. The molecule has 0 bridgehead atoms. The monoisotopic (exact) mass is 524 g/mol. The molecule has 180 valence electrons. The van der Waals surface area contributed by atoms with Crippen molar-refractivity contribution in [1.29, 1.82) is 0 Å². The quantitative estimate of drug-likeness (QED) is 0.551. The number of carbonyl (C=O) groups excluding carboxylic acids is 1. The second-order valence-corrected chi connectivity index (χ2v) is 8.65. The molecule has 3 rings (SSSR count). The minimum absolute atomic E-state index is 0.0457. The van der Waals surface area contributed by atoms with Gasteiger partial charge in [-0.3, -0.25) is 13.9 Å². The van der Waals surface area contributed by atoms with Crippen molar-refractivity contribution in [1.82, 2.24) is 9.80 Å². The van der Waals surface area contributed by atoms with Gasteiger partial charge in [0.15, 0.2) is 5.75 Å². The summed E-state index contributed by atoms with van der Waals surface area (Å²) in [5, 5.41) is 1.00. The first-order chi connectivity index (χ1) is 15.5. The van der Waals surface area contributed by atoms with E-state index in [-0.39, 0.29) is 5.56 Å². The Morgan fingerprint density at radius 2 is 1.85 bits per heavy atom. The molecule has 0 aliphatic carbocycles. The lowest BCUT2D eigenvalue weighted by Gasteiger charge is -2.35. The second-order valence-electron chi connectivity index (χ2n) is 7.19. The second kappa shape index (κ2) is 10.9. The predicted octanol–water partition coefficient (Wildman–Crippen LogP) is 4.10. The number of halogens is 5. The molecule has 0 aromatic heterocycles. The maximum Gasteiger partial charge on any atom is 0.573 e. The van der Waals surface area contributed by atoms with Crippen molar-refractivity contribution in [2.45, 2.75) is 12.8 Å². The zero-order valence-electron chi connectivity index (χ0n) is 17.0. The summed E-state index contributed by atoms with van der Waals surface area (Å²) < 4.78 is 65.5. The highest BCUT2D eigenvalue weighted by Gasteiger charge is 2.33. The van der Waals surface area contributed by atoms with Crippen LogP contribution >= 0.6 is 23.2 Å². The average molecular weight is 525 g/mol. The van der Waals surface area contributed by atoms with Crippen LogP contribution in [-0.2, 0) is 17.7 Å². The molecule has 1 aliphatic heterocycles. The number of anilines is 1. The van der Waals surface area contributed by atoms with Gasteiger partial charge in [-0.1, -0.05) is 35.3 Å². The van der Waals surface area contributed by atoms with Crippen LogP contribution in [0.5, 0.6) is 5.75 Å². The molecule has 1 heterocycles. The van der Waals surface area contributed by atoms with E-state index in [1.165, 1.54) is 11.0 Å². The first-order valence-electron chi connectivity index (χ1n) is 9.74. The van der Waals surface area contributed by atoms with Crippen molar-refractivity contribution < 1.29 is 31.5 Å². The van der Waals surface area contributed by atoms with Gasteiger partial charge in [0.05, 0.1) is 15.7 Å². The van der Waals surface area contributed by atoms with Gasteiger partial charge >= 0.3 is 6.36 Å². The molecule has 0 spiro atoms. The first kappa shape index (κ1) is 25.6. The van der Waals surface area contributed by atoms with Crippen molar-refractivity contribution in [3.05, 3.63) is 57.6 Å². The number of benzene rings is 2. The Morgan fingerprint density at radius 1 is 1.15 bits per heavy atom. The molecule has 33 heavy (non-hydrogen) atoms. The fraction of sp³-hybridized carbons (Fsp3) is 0.350. The van der Waals surface area contributed by atoms with Crippen LogP contribution in [0.2, 0.25) is 10.0 Å². The molecule has 0 radical (unpaired) electrons. The Labute approximate surface area is 200 Å². The number of amides is 1. The van der Waals surface area contributed by atoms with E-state index in [1.54, 1.807) is 6.07 Å². The largest absolute Gasteiger partial charge is 0.755 e. The van der Waals surface area contributed by atoms with E-state index < -0.39 is 35.0 Å². The van der Waals surface area contributed by atoms with Crippen LogP contribution < -0.4 is 9.46 Å². The highest BCUT2D eigenvalue weighted by molar-refractivity contribution is 7.80. The summed E-state index contributed by atoms with van der Waals surface area (Å²) in [6.07, 6.45) is -4.37. The van der Waals surface area contributed by atoms with E-state index in [0.717, 1.165) is 17.7 Å². The summed E-state index contributed by atoms with van der Waals surface area (Å²) in [4.78, 5) is 16.5. The zero-order chi connectivity index (χ0) is 24.2. The number of rotatable bonds is 7. The molecule has 1 fully saturated rings. The van der Waals surface area contributed by atoms with Crippen LogP contribution in [0, 0.1) is 0 Å². The SMILES string of the molecule is O=C(c1ccc(NS(=O)[O-])c(OC(F)(F)F)c1)N1CCN(CCc2cccc(Cl)c2Cl)CC1. The van der Waals surface area contributed by atoms with Crippen LogP contribution in [0.3, 0.4) is 0 Å². The molecule has 1 saturated heterocycles. The van der Waals surface area contributed by atoms with Crippen LogP contribution in [-0.4, -0.2) is 63.6 Å². The van der Waals surface area contributed by atoms with Gasteiger partial charge in [-0.05, 0) is 36.2 Å². The number of nitrogens with one attached hydrogen (secondary N) is 1. The van der Waals surface area contributed by atoms with Crippen molar-refractivity contribution in [3.8, 4) is 5.75 Å². The molecule has 2 aromatic carbocycles. The molecule has 1 aliphatic rings. The predicted molar refractivity (Wildman–Crippen MR) is 118 cm³/mol. The topological polar surface area (TPSA) is 84.9 Å². The molecule has 7 nitrogen and oxygen atoms in total. The number of carbonyl (C=O) groups is 1. The Kier molecular flexibility index (Phi) is 8.46. The summed E-state index contributed by atoms with van der Waals surface area (Å²) >= 11 is 9.38. The minimum atomic E-state index is -5.06. The van der Waals surface area contributed by atoms with Crippen molar-refractivity contribution >= 4 is 46.1 Å². The molecule has 1 amide bonds. The molecule has 1 unspecified atom stereocenters. The van der Waals surface area contributed by atoms with E-state index in [0.29, 0.717) is 49.2 Å². The van der Waals surface area contributed by atoms with Gasteiger partial charge in [0.2, 0.25) is 0 Å². The van der Waals surface area contributed by atoms with E-state index in [2.05, 4.69) is 9.64 Å². The smallest absolute Gasteiger partial charge is 0.573 e. The number of nitrogens with zero attached hydrogens (tertiary/aromatic N) is 2. The minimum Gasteiger partial charge on any atom is -0.755 e. The fourth-order valence-electron chi connectivity index (χ4n) is 3.42. The van der Waals surface area contributed by atoms with Gasteiger partial charge in [0.1, 0.15) is 0 Å². The highest BCUT2D eigenvalue weighted by atomic mass is 35.5. The van der Waals surface area contributed by atoms with Crippen LogP contribution in [0.1, 0.15) is 15.9 Å². The summed E-state index contributed by atoms with van der Waals surface area (Å²) in [6, 6.07) is 8.61. The standard InChI is InChI=1S/C20H20Cl2F3N3O4S/c21-15-3-1-2-13(18(15)22)6-7-27-8-10-28(11-9-27)19(29)14-4-5-16(26-33(30)31)17(12-14)32-20(23,24)25/h1-5,12,26H,6-11H2,(H,30,31)/p-1. The number of piperazine rings is 1. The summed E-state index contributed by atoms with van der Waals surface area (Å²) in [5.41, 5.74) is 0.449. The van der Waals surface area contributed by atoms with Crippen LogP contribution in [0.25, 0.3) is 0 Å². The van der Waals surface area contributed by atoms with E-state index in [1.807, 2.05) is 16.9 Å². The van der Waals surface area contributed by atoms with Crippen LogP contribution in [0.15, 0.2) is 36.4 Å². The van der Waals surface area contributed by atoms with Gasteiger partial charge in [-0.2, -0.15) is 0 Å². The number of hydrogen-bond acceptors (Lipinski definition) is 5. The van der Waals surface area contributed by atoms with Gasteiger partial charge in [-0.15, -0.1) is 13.2 Å². The third kappa shape index (κ3) is 7.21. The molecule has 1 N–H and O–H groups in total. The van der Waals surface area contributed by atoms with Crippen molar-refractivity contribution in [2.24, 2.45) is 0 Å². The van der Waals surface area contributed by atoms with Gasteiger partial charge < -0.3 is 18.9 Å². The number of hydrogen-bond donors (Lipinski definition) is 1. The summed E-state index contributed by atoms with van der Waals surface area (Å²) in [6.45, 7) is 2.61. The third-order valence-electron chi connectivity index (χ3n) is 5.04. The lowest BCUT2D eigenvalue weighted by molar-refractivity contribution is -0.274. The zero-order valence-corrected chi connectivity index (χ0v) is 19.4. The van der Waals surface area contributed by atoms with Crippen molar-refractivity contribution in [2.75, 3.05) is 37.4 Å². The lowest BCUT2D eigenvalue weighted by atomic mass is 10.1. The highest BCUT2D eigenvalue weighted by Crippen LogP contribution is 2.32. The Bertz CT molecular complexity index is 1030. The van der Waals surface area contributed by atoms with E-state index in [9.17, 15) is 26.7 Å². The number of alkyl halides is 3. The van der Waals surface area contributed by atoms with Crippen LogP contribution in [0.4, 0.5) is 18.9 Å². The molecule has 0 saturated carbocycles. The molecule has 2 aromatic rings. The Balaban J connectivity index is 1.62. The van der Waals surface area contributed by atoms with E-state index in [4.69, 9.17) is 23.2 Å². The summed E-state index contributed by atoms with van der Waals surface area (Å²) in [5.74, 6) is -1.29. The third-order valence-corrected chi connectivity index (χ3v) is 6.28. The Morgan fingerprint density at radius 3 is 2.48 bits per heavy atom. The average Bonchev–Trinajstić information content (AvgIpc) is 2.74. The molecule has 13 heteroatoms. The van der Waals surface area contributed by atoms with Gasteiger partial charge in [0, 0.05) is 49.6 Å². The normalized spacial score (nSPS) is 15.9. The summed E-state index contributed by atoms with van der Waals surface area (Å²) in [7, 11) is 0. The molecular formula is C20H19Cl2F3N3O4S-. The Hall–Kier alpha value is -2.05.